The van der Waals surface area contributed by atoms with Crippen LogP contribution in [-0.4, -0.2) is 52.3 Å². The lowest BCUT2D eigenvalue weighted by atomic mass is 10.2. The molecule has 0 radical (unpaired) electrons. The van der Waals surface area contributed by atoms with Crippen molar-refractivity contribution in [3.63, 3.8) is 0 Å². The lowest BCUT2D eigenvalue weighted by molar-refractivity contribution is -0.134. The molecule has 2 amide bonds. The van der Waals surface area contributed by atoms with Gasteiger partial charge in [-0.3, -0.25) is 9.59 Å². The first-order chi connectivity index (χ1) is 12.7. The largest absolute Gasteiger partial charge is 0.341 e. The van der Waals surface area contributed by atoms with E-state index in [2.05, 4.69) is 10.3 Å². The number of rotatable bonds is 4. The van der Waals surface area contributed by atoms with E-state index in [-0.39, 0.29) is 17.9 Å². The molecule has 26 heavy (non-hydrogen) atoms. The van der Waals surface area contributed by atoms with Crippen LogP contribution in [0.5, 0.6) is 0 Å². The molecule has 1 N–H and O–H groups in total. The van der Waals surface area contributed by atoms with Crippen LogP contribution in [0.15, 0.2) is 35.7 Å². The minimum absolute atomic E-state index is 0.103. The molecule has 0 spiro atoms. The number of carbonyl (C=O) groups is 2. The predicted molar refractivity (Wildman–Crippen MR) is 102 cm³/mol. The third kappa shape index (κ3) is 3.44. The Kier molecular flexibility index (Phi) is 4.88. The molecule has 2 saturated heterocycles. The first kappa shape index (κ1) is 17.0. The van der Waals surface area contributed by atoms with Gasteiger partial charge >= 0.3 is 0 Å². The zero-order valence-corrected chi connectivity index (χ0v) is 15.4. The number of benzene rings is 1. The second-order valence-electron chi connectivity index (χ2n) is 6.72. The third-order valence-electron chi connectivity index (χ3n) is 4.96. The topological polar surface area (TPSA) is 65.5 Å². The molecule has 0 aliphatic carbocycles. The van der Waals surface area contributed by atoms with Crippen molar-refractivity contribution in [3.8, 4) is 0 Å². The Labute approximate surface area is 156 Å². The van der Waals surface area contributed by atoms with Gasteiger partial charge in [0, 0.05) is 30.7 Å². The summed E-state index contributed by atoms with van der Waals surface area (Å²) in [5, 5.41) is 5.66. The summed E-state index contributed by atoms with van der Waals surface area (Å²) in [7, 11) is 0. The number of nitrogens with zero attached hydrogens (tertiary/aromatic N) is 3. The highest BCUT2D eigenvalue weighted by Gasteiger charge is 2.38. The second kappa shape index (κ2) is 7.45. The molecule has 1 aromatic carbocycles. The summed E-state index contributed by atoms with van der Waals surface area (Å²) in [5.41, 5.74) is 1.35. The zero-order valence-electron chi connectivity index (χ0n) is 14.6. The summed E-state index contributed by atoms with van der Waals surface area (Å²) in [6.07, 6.45) is 3.75. The number of amides is 2. The van der Waals surface area contributed by atoms with E-state index in [4.69, 9.17) is 0 Å². The molecule has 6 nitrogen and oxygen atoms in total. The van der Waals surface area contributed by atoms with E-state index in [1.165, 1.54) is 11.3 Å². The van der Waals surface area contributed by atoms with E-state index in [1.54, 1.807) is 10.3 Å². The molecule has 0 saturated carbocycles. The van der Waals surface area contributed by atoms with Gasteiger partial charge in [-0.05, 0) is 37.8 Å². The Morgan fingerprint density at radius 2 is 1.85 bits per heavy atom. The lowest BCUT2D eigenvalue weighted by Crippen LogP contribution is -2.47. The maximum atomic E-state index is 12.9. The van der Waals surface area contributed by atoms with E-state index in [0.717, 1.165) is 44.5 Å². The molecule has 3 heterocycles. The Hall–Kier alpha value is -2.41. The zero-order chi connectivity index (χ0) is 17.9. The van der Waals surface area contributed by atoms with Crippen LogP contribution < -0.4 is 5.32 Å². The number of aromatic nitrogens is 1. The summed E-state index contributed by atoms with van der Waals surface area (Å²) in [5.74, 6) is -0.0383. The van der Waals surface area contributed by atoms with Crippen molar-refractivity contribution in [1.29, 1.82) is 0 Å². The molecule has 1 atom stereocenters. The van der Waals surface area contributed by atoms with Gasteiger partial charge in [0.2, 0.25) is 5.91 Å². The number of anilines is 2. The average Bonchev–Trinajstić information content (AvgIpc) is 3.42. The van der Waals surface area contributed by atoms with Crippen molar-refractivity contribution >= 4 is 34.0 Å². The van der Waals surface area contributed by atoms with Crippen molar-refractivity contribution in [2.75, 3.05) is 25.0 Å². The molecule has 2 aromatic rings. The summed E-state index contributed by atoms with van der Waals surface area (Å²) in [6.45, 7) is 2.26. The van der Waals surface area contributed by atoms with Gasteiger partial charge in [0.05, 0.1) is 0 Å². The maximum absolute atomic E-state index is 12.9. The molecule has 136 valence electrons. The van der Waals surface area contributed by atoms with E-state index in [1.807, 2.05) is 35.2 Å². The van der Waals surface area contributed by atoms with Crippen molar-refractivity contribution in [3.05, 3.63) is 41.4 Å². The molecule has 2 aliphatic heterocycles. The number of para-hydroxylation sites is 1. The number of hydrogen-bond acceptors (Lipinski definition) is 5. The van der Waals surface area contributed by atoms with Crippen LogP contribution >= 0.6 is 11.3 Å². The number of nitrogens with one attached hydrogen (secondary N) is 1. The molecule has 2 fully saturated rings. The van der Waals surface area contributed by atoms with Gasteiger partial charge in [-0.15, -0.1) is 11.3 Å². The highest BCUT2D eigenvalue weighted by molar-refractivity contribution is 7.14. The first-order valence-corrected chi connectivity index (χ1v) is 9.98. The smallest absolute Gasteiger partial charge is 0.274 e. The summed E-state index contributed by atoms with van der Waals surface area (Å²) < 4.78 is 0. The Bertz CT molecular complexity index is 786. The normalized spacial score (nSPS) is 19.8. The van der Waals surface area contributed by atoms with Gasteiger partial charge in [-0.2, -0.15) is 0 Å². The van der Waals surface area contributed by atoms with Crippen LogP contribution in [0.1, 0.15) is 36.2 Å². The van der Waals surface area contributed by atoms with Gasteiger partial charge in [-0.25, -0.2) is 4.98 Å². The van der Waals surface area contributed by atoms with E-state index in [9.17, 15) is 9.59 Å². The van der Waals surface area contributed by atoms with Gasteiger partial charge < -0.3 is 15.1 Å². The van der Waals surface area contributed by atoms with E-state index >= 15 is 0 Å². The first-order valence-electron chi connectivity index (χ1n) is 9.10. The van der Waals surface area contributed by atoms with Crippen LogP contribution in [0.25, 0.3) is 0 Å². The van der Waals surface area contributed by atoms with Gasteiger partial charge in [0.1, 0.15) is 11.7 Å². The lowest BCUT2D eigenvalue weighted by Gasteiger charge is -2.27. The minimum Gasteiger partial charge on any atom is -0.341 e. The highest BCUT2D eigenvalue weighted by atomic mass is 32.1. The monoisotopic (exact) mass is 370 g/mol. The van der Waals surface area contributed by atoms with Crippen LogP contribution in [0.3, 0.4) is 0 Å². The molecular formula is C19H22N4O2S. The molecule has 7 heteroatoms. The molecule has 2 aliphatic rings. The van der Waals surface area contributed by atoms with Gasteiger partial charge in [-0.1, -0.05) is 18.2 Å². The standard InChI is InChI=1S/C19H22N4O2S/c24-17(15-13-26-19(21-15)20-14-7-2-1-3-8-14)23-12-6-9-16(23)18(25)22-10-4-5-11-22/h1-3,7-8,13,16H,4-6,9-12H2,(H,20,21). The minimum atomic E-state index is -0.326. The Morgan fingerprint density at radius 1 is 1.08 bits per heavy atom. The number of likely N-dealkylation sites (tertiary alicyclic amines) is 2. The molecule has 4 rings (SSSR count). The van der Waals surface area contributed by atoms with E-state index < -0.39 is 0 Å². The fourth-order valence-corrected chi connectivity index (χ4v) is 4.34. The maximum Gasteiger partial charge on any atom is 0.274 e. The molecular weight excluding hydrogens is 348 g/mol. The van der Waals surface area contributed by atoms with Crippen LogP contribution in [-0.2, 0) is 4.79 Å². The van der Waals surface area contributed by atoms with Crippen LogP contribution in [0, 0.1) is 0 Å². The third-order valence-corrected chi connectivity index (χ3v) is 5.72. The SMILES string of the molecule is O=C(C1CCCN1C(=O)c1csc(Nc2ccccc2)n1)N1CCCC1. The summed E-state index contributed by atoms with van der Waals surface area (Å²) in [4.78, 5) is 33.7. The quantitative estimate of drug-likeness (QED) is 0.898. The number of hydrogen-bond donors (Lipinski definition) is 1. The van der Waals surface area contributed by atoms with Crippen molar-refractivity contribution in [2.24, 2.45) is 0 Å². The summed E-state index contributed by atoms with van der Waals surface area (Å²) in [6, 6.07) is 9.42. The Morgan fingerprint density at radius 3 is 2.62 bits per heavy atom. The highest BCUT2D eigenvalue weighted by Crippen LogP contribution is 2.26. The average molecular weight is 370 g/mol. The van der Waals surface area contributed by atoms with Crippen LogP contribution in [0.2, 0.25) is 0 Å². The fraction of sp³-hybridized carbons (Fsp3) is 0.421. The number of thiazole rings is 1. The molecule has 1 unspecified atom stereocenters. The van der Waals surface area contributed by atoms with Gasteiger partial charge in [0.15, 0.2) is 5.13 Å². The van der Waals surface area contributed by atoms with Gasteiger partial charge in [0.25, 0.3) is 5.91 Å². The molecule has 0 bridgehead atoms. The molecule has 1 aromatic heterocycles. The Balaban J connectivity index is 1.45. The van der Waals surface area contributed by atoms with Crippen molar-refractivity contribution < 1.29 is 9.59 Å². The second-order valence-corrected chi connectivity index (χ2v) is 7.58. The number of carbonyl (C=O) groups excluding carboxylic acids is 2. The summed E-state index contributed by atoms with van der Waals surface area (Å²) >= 11 is 1.40. The van der Waals surface area contributed by atoms with Crippen molar-refractivity contribution in [2.45, 2.75) is 31.7 Å². The van der Waals surface area contributed by atoms with Crippen LogP contribution in [0.4, 0.5) is 10.8 Å². The van der Waals surface area contributed by atoms with Crippen molar-refractivity contribution in [1.82, 2.24) is 14.8 Å². The van der Waals surface area contributed by atoms with E-state index in [0.29, 0.717) is 17.4 Å². The fourth-order valence-electron chi connectivity index (χ4n) is 3.64. The predicted octanol–water partition coefficient (Wildman–Crippen LogP) is 3.11.